The normalized spacial score (nSPS) is 13.5. The van der Waals surface area contributed by atoms with Crippen LogP contribution in [0.15, 0.2) is 83.8 Å². The van der Waals surface area contributed by atoms with Gasteiger partial charge in [0.2, 0.25) is 5.91 Å². The van der Waals surface area contributed by atoms with Crippen molar-refractivity contribution in [3.63, 3.8) is 0 Å². The van der Waals surface area contributed by atoms with Crippen molar-refractivity contribution in [1.82, 2.24) is 0 Å². The van der Waals surface area contributed by atoms with Crippen LogP contribution in [0.4, 0.5) is 10.7 Å². The lowest BCUT2D eigenvalue weighted by Crippen LogP contribution is -2.20. The van der Waals surface area contributed by atoms with Gasteiger partial charge in [0.1, 0.15) is 10.3 Å². The second-order valence-electron chi connectivity index (χ2n) is 10.3. The first-order valence-electron chi connectivity index (χ1n) is 14.3. The maximum absolute atomic E-state index is 14.0. The molecule has 44 heavy (non-hydrogen) atoms. The smallest absolute Gasteiger partial charge is 0.341 e. The molecular formula is C34H32N2O6S2. The number of esters is 1. The highest BCUT2D eigenvalue weighted by Crippen LogP contribution is 2.41. The van der Waals surface area contributed by atoms with Crippen LogP contribution in [0.3, 0.4) is 0 Å². The number of carbonyl (C=O) groups excluding carboxylic acids is 3. The largest absolute Gasteiger partial charge is 0.478 e. The van der Waals surface area contributed by atoms with Gasteiger partial charge >= 0.3 is 11.9 Å². The summed E-state index contributed by atoms with van der Waals surface area (Å²) in [4.78, 5) is 53.3. The summed E-state index contributed by atoms with van der Waals surface area (Å²) < 4.78 is 5.14. The maximum Gasteiger partial charge on any atom is 0.341 e. The third-order valence-corrected chi connectivity index (χ3v) is 9.84. The van der Waals surface area contributed by atoms with Crippen LogP contribution in [0.1, 0.15) is 78.0 Å². The SMILES string of the molecule is COC(=O)c1c(NC(=O)C(Sc2cccc(NC(=O)c3ccccc3C(=O)O)c2)c2ccccc2)sc2c1CCCCCC2. The van der Waals surface area contributed by atoms with E-state index in [0.29, 0.717) is 21.1 Å². The number of carbonyl (C=O) groups is 4. The molecular weight excluding hydrogens is 597 g/mol. The molecule has 0 fully saturated rings. The average Bonchev–Trinajstić information content (AvgIpc) is 3.35. The Morgan fingerprint density at radius 3 is 2.27 bits per heavy atom. The van der Waals surface area contributed by atoms with Gasteiger partial charge < -0.3 is 20.5 Å². The average molecular weight is 629 g/mol. The Hall–Kier alpha value is -4.41. The van der Waals surface area contributed by atoms with Crippen LogP contribution >= 0.6 is 23.1 Å². The van der Waals surface area contributed by atoms with E-state index in [1.807, 2.05) is 36.4 Å². The van der Waals surface area contributed by atoms with Crippen LogP contribution < -0.4 is 10.6 Å². The molecule has 5 rings (SSSR count). The van der Waals surface area contributed by atoms with Gasteiger partial charge in [-0.25, -0.2) is 9.59 Å². The molecule has 0 saturated heterocycles. The van der Waals surface area contributed by atoms with Crippen molar-refractivity contribution in [2.45, 2.75) is 48.7 Å². The van der Waals surface area contributed by atoms with Gasteiger partial charge in [0.25, 0.3) is 5.91 Å². The van der Waals surface area contributed by atoms with Gasteiger partial charge in [-0.1, -0.05) is 61.4 Å². The van der Waals surface area contributed by atoms with E-state index in [2.05, 4.69) is 10.6 Å². The zero-order chi connectivity index (χ0) is 31.1. The molecule has 2 amide bonds. The highest BCUT2D eigenvalue weighted by atomic mass is 32.2. The Morgan fingerprint density at radius 2 is 1.55 bits per heavy atom. The maximum atomic E-state index is 14.0. The van der Waals surface area contributed by atoms with Crippen LogP contribution in [0, 0.1) is 0 Å². The third-order valence-electron chi connectivity index (χ3n) is 7.39. The van der Waals surface area contributed by atoms with E-state index in [-0.39, 0.29) is 17.0 Å². The minimum atomic E-state index is -1.19. The molecule has 1 aliphatic carbocycles. The molecule has 0 spiro atoms. The van der Waals surface area contributed by atoms with Crippen LogP contribution in [0.5, 0.6) is 0 Å². The van der Waals surface area contributed by atoms with Gasteiger partial charge in [-0.05, 0) is 67.1 Å². The van der Waals surface area contributed by atoms with Crippen molar-refractivity contribution in [2.75, 3.05) is 17.7 Å². The van der Waals surface area contributed by atoms with Crippen molar-refractivity contribution >= 4 is 57.5 Å². The highest BCUT2D eigenvalue weighted by Gasteiger charge is 2.29. The number of thiophene rings is 1. The number of rotatable bonds is 9. The first-order chi connectivity index (χ1) is 21.4. The second-order valence-corrected chi connectivity index (χ2v) is 12.6. The molecule has 1 unspecified atom stereocenters. The molecule has 0 aliphatic heterocycles. The van der Waals surface area contributed by atoms with Crippen LogP contribution in [-0.4, -0.2) is 36.0 Å². The van der Waals surface area contributed by atoms with Crippen molar-refractivity contribution < 1.29 is 29.0 Å². The highest BCUT2D eigenvalue weighted by molar-refractivity contribution is 8.00. The van der Waals surface area contributed by atoms with Crippen molar-refractivity contribution in [2.24, 2.45) is 0 Å². The van der Waals surface area contributed by atoms with E-state index in [9.17, 15) is 24.3 Å². The standard InChI is InChI=1S/C34H32N2O6S2/c1-42-34(41)28-26-18-7-2-3-8-19-27(26)44-32(28)36-31(38)29(21-12-5-4-6-13-21)43-23-15-11-14-22(20-23)35-30(37)24-16-9-10-17-25(24)33(39)40/h4-6,9-17,20,29H,2-3,7-8,18-19H2,1H3,(H,35,37)(H,36,38)(H,39,40). The minimum Gasteiger partial charge on any atom is -0.478 e. The number of carboxylic acid groups (broad SMARTS) is 1. The number of thioether (sulfide) groups is 1. The molecule has 0 radical (unpaired) electrons. The number of nitrogens with one attached hydrogen (secondary N) is 2. The predicted molar refractivity (Wildman–Crippen MR) is 173 cm³/mol. The Balaban J connectivity index is 1.41. The number of amides is 2. The first-order valence-corrected chi connectivity index (χ1v) is 16.0. The quantitative estimate of drug-likeness (QED) is 0.129. The fourth-order valence-corrected chi connectivity index (χ4v) is 7.62. The van der Waals surface area contributed by atoms with Crippen LogP contribution in [0.2, 0.25) is 0 Å². The van der Waals surface area contributed by atoms with E-state index >= 15 is 0 Å². The molecule has 3 N–H and O–H groups in total. The van der Waals surface area contributed by atoms with Gasteiger partial charge in [0.05, 0.1) is 23.8 Å². The van der Waals surface area contributed by atoms with E-state index in [1.165, 1.54) is 42.3 Å². The van der Waals surface area contributed by atoms with Crippen molar-refractivity contribution in [3.8, 4) is 0 Å². The van der Waals surface area contributed by atoms with E-state index in [4.69, 9.17) is 4.74 Å². The molecule has 0 saturated carbocycles. The summed E-state index contributed by atoms with van der Waals surface area (Å²) in [7, 11) is 1.36. The molecule has 3 aromatic carbocycles. The van der Waals surface area contributed by atoms with Crippen LogP contribution in [0.25, 0.3) is 0 Å². The lowest BCUT2D eigenvalue weighted by molar-refractivity contribution is -0.115. The van der Waals surface area contributed by atoms with Gasteiger partial charge in [-0.3, -0.25) is 9.59 Å². The van der Waals surface area contributed by atoms with Crippen molar-refractivity contribution in [3.05, 3.63) is 112 Å². The monoisotopic (exact) mass is 628 g/mol. The zero-order valence-electron chi connectivity index (χ0n) is 24.1. The van der Waals surface area contributed by atoms with Gasteiger partial charge in [-0.15, -0.1) is 23.1 Å². The number of fused-ring (bicyclic) bond motifs is 1. The van der Waals surface area contributed by atoms with Gasteiger partial charge in [0, 0.05) is 15.5 Å². The number of ether oxygens (including phenoxy) is 1. The predicted octanol–water partition coefficient (Wildman–Crippen LogP) is 7.62. The van der Waals surface area contributed by atoms with E-state index < -0.39 is 23.1 Å². The second kappa shape index (κ2) is 14.4. The molecule has 8 nitrogen and oxygen atoms in total. The summed E-state index contributed by atoms with van der Waals surface area (Å²) in [6, 6.07) is 22.4. The summed E-state index contributed by atoms with van der Waals surface area (Å²) >= 11 is 2.76. The molecule has 226 valence electrons. The van der Waals surface area contributed by atoms with E-state index in [0.717, 1.165) is 54.5 Å². The summed E-state index contributed by atoms with van der Waals surface area (Å²) in [5.74, 6) is -2.48. The molecule has 1 aromatic heterocycles. The number of aryl methyl sites for hydroxylation is 1. The number of benzene rings is 3. The van der Waals surface area contributed by atoms with Crippen molar-refractivity contribution in [1.29, 1.82) is 0 Å². The number of methoxy groups -OCH3 is 1. The Morgan fingerprint density at radius 1 is 0.841 bits per heavy atom. The number of aromatic carboxylic acids is 1. The molecule has 1 atom stereocenters. The molecule has 4 aromatic rings. The first kappa shape index (κ1) is 31.0. The number of carboxylic acids is 1. The molecule has 0 bridgehead atoms. The topological polar surface area (TPSA) is 122 Å². The zero-order valence-corrected chi connectivity index (χ0v) is 25.8. The number of hydrogen-bond donors (Lipinski definition) is 3. The number of hydrogen-bond acceptors (Lipinski definition) is 7. The van der Waals surface area contributed by atoms with Gasteiger partial charge in [-0.2, -0.15) is 0 Å². The molecule has 1 heterocycles. The Kier molecular flexibility index (Phi) is 10.1. The van der Waals surface area contributed by atoms with Crippen LogP contribution in [-0.2, 0) is 22.4 Å². The molecule has 10 heteroatoms. The minimum absolute atomic E-state index is 0.0473. The van der Waals surface area contributed by atoms with Gasteiger partial charge in [0.15, 0.2) is 0 Å². The number of anilines is 2. The molecule has 1 aliphatic rings. The lowest BCUT2D eigenvalue weighted by atomic mass is 9.96. The third kappa shape index (κ3) is 7.20. The fraction of sp³-hybridized carbons (Fsp3) is 0.235. The summed E-state index contributed by atoms with van der Waals surface area (Å²) in [5.41, 5.74) is 2.61. The summed E-state index contributed by atoms with van der Waals surface area (Å²) in [6.45, 7) is 0. The van der Waals surface area contributed by atoms with E-state index in [1.54, 1.807) is 30.3 Å². The Labute approximate surface area is 263 Å². The summed E-state index contributed by atoms with van der Waals surface area (Å²) in [5, 5.41) is 15.1. The Bertz CT molecular complexity index is 1680. The lowest BCUT2D eigenvalue weighted by Gasteiger charge is -2.18. The fourth-order valence-electron chi connectivity index (χ4n) is 5.25. The summed E-state index contributed by atoms with van der Waals surface area (Å²) in [6.07, 6.45) is 5.92.